The number of amides is 1. The number of aliphatic hydroxyl groups is 1. The van der Waals surface area contributed by atoms with Gasteiger partial charge in [-0.1, -0.05) is 29.3 Å². The maximum atomic E-state index is 11.9. The molecule has 1 aromatic carbocycles. The van der Waals surface area contributed by atoms with Gasteiger partial charge in [0.15, 0.2) is 0 Å². The van der Waals surface area contributed by atoms with Gasteiger partial charge in [-0.05, 0) is 29.6 Å². The second kappa shape index (κ2) is 6.39. The summed E-state index contributed by atoms with van der Waals surface area (Å²) >= 11 is 13.1. The zero-order valence-electron chi connectivity index (χ0n) is 9.77. The summed E-state index contributed by atoms with van der Waals surface area (Å²) in [5.74, 6) is -0.336. The summed E-state index contributed by atoms with van der Waals surface area (Å²) in [7, 11) is 0. The van der Waals surface area contributed by atoms with Gasteiger partial charge in [0, 0.05) is 16.4 Å². The number of carbonyl (C=O) groups excluding carboxylic acids is 1. The number of carbonyl (C=O) groups is 1. The van der Waals surface area contributed by atoms with Gasteiger partial charge in [0.2, 0.25) is 0 Å². The van der Waals surface area contributed by atoms with Crippen LogP contribution >= 0.6 is 34.5 Å². The molecule has 6 heteroatoms. The van der Waals surface area contributed by atoms with E-state index in [1.807, 2.05) is 17.5 Å². The van der Waals surface area contributed by atoms with E-state index in [2.05, 4.69) is 5.32 Å². The minimum Gasteiger partial charge on any atom is -0.386 e. The Bertz CT molecular complexity index is 572. The summed E-state index contributed by atoms with van der Waals surface area (Å²) in [6.45, 7) is 0.137. The fraction of sp³-hybridized carbons (Fsp3) is 0.154. The average molecular weight is 316 g/mol. The molecule has 1 heterocycles. The average Bonchev–Trinajstić information content (AvgIpc) is 2.89. The molecule has 0 bridgehead atoms. The predicted octanol–water partition coefficient (Wildman–Crippen LogP) is 3.52. The zero-order valence-corrected chi connectivity index (χ0v) is 12.1. The van der Waals surface area contributed by atoms with Crippen LogP contribution in [0.1, 0.15) is 21.3 Å². The van der Waals surface area contributed by atoms with E-state index in [0.717, 1.165) is 4.88 Å². The number of hydrogen-bond donors (Lipinski definition) is 2. The van der Waals surface area contributed by atoms with E-state index < -0.39 is 6.10 Å². The number of hydrogen-bond acceptors (Lipinski definition) is 3. The number of thiophene rings is 1. The number of rotatable bonds is 4. The lowest BCUT2D eigenvalue weighted by Crippen LogP contribution is -2.28. The molecule has 0 saturated carbocycles. The molecule has 0 radical (unpaired) electrons. The van der Waals surface area contributed by atoms with Crippen molar-refractivity contribution < 1.29 is 9.90 Å². The van der Waals surface area contributed by atoms with Crippen LogP contribution in [-0.2, 0) is 0 Å². The molecular weight excluding hydrogens is 305 g/mol. The highest BCUT2D eigenvalue weighted by atomic mass is 35.5. The molecule has 0 unspecified atom stereocenters. The van der Waals surface area contributed by atoms with E-state index >= 15 is 0 Å². The van der Waals surface area contributed by atoms with Gasteiger partial charge in [-0.2, -0.15) is 0 Å². The Kier molecular flexibility index (Phi) is 4.82. The highest BCUT2D eigenvalue weighted by molar-refractivity contribution is 7.10. The predicted molar refractivity (Wildman–Crippen MR) is 78.1 cm³/mol. The fourth-order valence-corrected chi connectivity index (χ4v) is 2.75. The molecule has 2 N–H and O–H groups in total. The first-order valence-electron chi connectivity index (χ1n) is 5.52. The van der Waals surface area contributed by atoms with Gasteiger partial charge < -0.3 is 10.4 Å². The summed E-state index contributed by atoms with van der Waals surface area (Å²) in [5.41, 5.74) is 0.337. The van der Waals surface area contributed by atoms with Gasteiger partial charge in [-0.3, -0.25) is 4.79 Å². The van der Waals surface area contributed by atoms with Crippen LogP contribution in [0.2, 0.25) is 10.0 Å². The lowest BCUT2D eigenvalue weighted by atomic mass is 10.2. The molecule has 2 aromatic rings. The molecule has 0 saturated heterocycles. The third-order valence-corrected chi connectivity index (χ3v) is 4.02. The number of nitrogens with one attached hydrogen (secondary N) is 1. The van der Waals surface area contributed by atoms with Crippen molar-refractivity contribution in [2.24, 2.45) is 0 Å². The van der Waals surface area contributed by atoms with Gasteiger partial charge in [0.1, 0.15) is 6.10 Å². The molecule has 1 atom stereocenters. The third kappa shape index (κ3) is 3.70. The molecule has 0 aliphatic rings. The Morgan fingerprint density at radius 1 is 1.37 bits per heavy atom. The van der Waals surface area contributed by atoms with Crippen LogP contribution in [0.5, 0.6) is 0 Å². The molecule has 1 aromatic heterocycles. The van der Waals surface area contributed by atoms with Crippen LogP contribution in [0.3, 0.4) is 0 Å². The summed E-state index contributed by atoms with van der Waals surface area (Å²) in [5, 5.41) is 15.1. The summed E-state index contributed by atoms with van der Waals surface area (Å²) in [6.07, 6.45) is -0.713. The molecule has 19 heavy (non-hydrogen) atoms. The Hall–Kier alpha value is -1.07. The van der Waals surface area contributed by atoms with Crippen LogP contribution in [0.15, 0.2) is 35.7 Å². The second-order valence-corrected chi connectivity index (χ2v) is 5.69. The van der Waals surface area contributed by atoms with Crippen molar-refractivity contribution in [1.82, 2.24) is 5.32 Å². The summed E-state index contributed by atoms with van der Waals surface area (Å²) in [4.78, 5) is 12.7. The number of benzene rings is 1. The monoisotopic (exact) mass is 315 g/mol. The van der Waals surface area contributed by atoms with Gasteiger partial charge in [0.05, 0.1) is 10.6 Å². The summed E-state index contributed by atoms with van der Waals surface area (Å²) < 4.78 is 0. The first-order valence-corrected chi connectivity index (χ1v) is 7.16. The molecule has 2 rings (SSSR count). The second-order valence-electron chi connectivity index (χ2n) is 3.87. The molecule has 1 amide bonds. The van der Waals surface area contributed by atoms with Crippen LogP contribution in [0, 0.1) is 0 Å². The summed E-state index contributed by atoms with van der Waals surface area (Å²) in [6, 6.07) is 8.32. The van der Waals surface area contributed by atoms with Crippen molar-refractivity contribution in [2.75, 3.05) is 6.54 Å². The molecule has 100 valence electrons. The van der Waals surface area contributed by atoms with Crippen molar-refractivity contribution >= 4 is 40.4 Å². The molecule has 0 spiro atoms. The first-order chi connectivity index (χ1) is 9.08. The standard InChI is InChI=1S/C13H11Cl2NO2S/c14-8-3-4-9(10(15)6-8)13(18)16-7-11(17)12-2-1-5-19-12/h1-6,11,17H,7H2,(H,16,18)/t11-/m0/s1. The first kappa shape index (κ1) is 14.3. The van der Waals surface area contributed by atoms with Crippen molar-refractivity contribution in [2.45, 2.75) is 6.10 Å². The Balaban J connectivity index is 1.98. The molecule has 0 aliphatic carbocycles. The van der Waals surface area contributed by atoms with Crippen LogP contribution in [-0.4, -0.2) is 17.6 Å². The van der Waals surface area contributed by atoms with E-state index in [-0.39, 0.29) is 17.5 Å². The van der Waals surface area contributed by atoms with E-state index in [4.69, 9.17) is 23.2 Å². The minimum absolute atomic E-state index is 0.137. The number of halogens is 2. The van der Waals surface area contributed by atoms with E-state index in [1.54, 1.807) is 12.1 Å². The Morgan fingerprint density at radius 3 is 2.79 bits per heavy atom. The quantitative estimate of drug-likeness (QED) is 0.907. The minimum atomic E-state index is -0.713. The lowest BCUT2D eigenvalue weighted by Gasteiger charge is -2.11. The van der Waals surface area contributed by atoms with Crippen molar-refractivity contribution in [3.63, 3.8) is 0 Å². The van der Waals surface area contributed by atoms with E-state index in [9.17, 15) is 9.90 Å². The molecular formula is C13H11Cl2NO2S. The smallest absolute Gasteiger partial charge is 0.252 e. The van der Waals surface area contributed by atoms with Gasteiger partial charge in [0.25, 0.3) is 5.91 Å². The number of aliphatic hydroxyl groups excluding tert-OH is 1. The van der Waals surface area contributed by atoms with Gasteiger partial charge in [-0.25, -0.2) is 0 Å². The topological polar surface area (TPSA) is 49.3 Å². The third-order valence-electron chi connectivity index (χ3n) is 2.50. The fourth-order valence-electron chi connectivity index (χ4n) is 1.54. The highest BCUT2D eigenvalue weighted by Gasteiger charge is 2.13. The van der Waals surface area contributed by atoms with Gasteiger partial charge >= 0.3 is 0 Å². The lowest BCUT2D eigenvalue weighted by molar-refractivity contribution is 0.0918. The van der Waals surface area contributed by atoms with E-state index in [0.29, 0.717) is 10.6 Å². The Morgan fingerprint density at radius 2 is 2.16 bits per heavy atom. The van der Waals surface area contributed by atoms with Gasteiger partial charge in [-0.15, -0.1) is 11.3 Å². The van der Waals surface area contributed by atoms with Crippen LogP contribution in [0.25, 0.3) is 0 Å². The van der Waals surface area contributed by atoms with Crippen molar-refractivity contribution in [3.8, 4) is 0 Å². The maximum absolute atomic E-state index is 11.9. The van der Waals surface area contributed by atoms with Crippen LogP contribution in [0.4, 0.5) is 0 Å². The van der Waals surface area contributed by atoms with Crippen molar-refractivity contribution in [1.29, 1.82) is 0 Å². The van der Waals surface area contributed by atoms with E-state index in [1.165, 1.54) is 17.4 Å². The Labute approximate surface area is 124 Å². The van der Waals surface area contributed by atoms with Crippen LogP contribution < -0.4 is 5.32 Å². The zero-order chi connectivity index (χ0) is 13.8. The molecule has 3 nitrogen and oxygen atoms in total. The normalized spacial score (nSPS) is 12.2. The SMILES string of the molecule is O=C(NC[C@H](O)c1cccs1)c1ccc(Cl)cc1Cl. The molecule has 0 fully saturated rings. The maximum Gasteiger partial charge on any atom is 0.252 e. The van der Waals surface area contributed by atoms with Crippen molar-refractivity contribution in [3.05, 3.63) is 56.2 Å². The molecule has 0 aliphatic heterocycles. The largest absolute Gasteiger partial charge is 0.386 e. The highest BCUT2D eigenvalue weighted by Crippen LogP contribution is 2.21.